The molecular weight excluding hydrogens is 212 g/mol. The van der Waals surface area contributed by atoms with Crippen LogP contribution in [0.4, 0.5) is 0 Å². The van der Waals surface area contributed by atoms with E-state index in [-0.39, 0.29) is 0 Å². The maximum absolute atomic E-state index is 10.2. The first kappa shape index (κ1) is 11.9. The minimum absolute atomic E-state index is 0.487. The van der Waals surface area contributed by atoms with Gasteiger partial charge in [-0.25, -0.2) is 0 Å². The van der Waals surface area contributed by atoms with Gasteiger partial charge in [-0.2, -0.15) is 5.10 Å². The SMILES string of the molecule is CCn1nccc1C(O)Cc1cccc(C)c1. The number of nitrogens with zero attached hydrogens (tertiary/aromatic N) is 2. The Morgan fingerprint density at radius 1 is 1.35 bits per heavy atom. The van der Waals surface area contributed by atoms with Gasteiger partial charge in [0.25, 0.3) is 0 Å². The number of hydrogen-bond acceptors (Lipinski definition) is 2. The van der Waals surface area contributed by atoms with E-state index in [2.05, 4.69) is 24.2 Å². The van der Waals surface area contributed by atoms with Gasteiger partial charge in [-0.1, -0.05) is 29.8 Å². The molecule has 0 spiro atoms. The summed E-state index contributed by atoms with van der Waals surface area (Å²) in [6.45, 7) is 4.87. The zero-order chi connectivity index (χ0) is 12.3. The van der Waals surface area contributed by atoms with E-state index in [0.29, 0.717) is 6.42 Å². The summed E-state index contributed by atoms with van der Waals surface area (Å²) in [5.74, 6) is 0. The number of aryl methyl sites for hydroxylation is 2. The molecule has 3 nitrogen and oxygen atoms in total. The molecule has 0 aliphatic rings. The second-order valence-electron chi connectivity index (χ2n) is 4.28. The maximum atomic E-state index is 10.2. The first-order chi connectivity index (χ1) is 8.20. The Kier molecular flexibility index (Phi) is 3.59. The molecule has 0 fully saturated rings. The molecule has 2 rings (SSSR count). The average molecular weight is 230 g/mol. The molecule has 0 saturated heterocycles. The molecular formula is C14H18N2O. The van der Waals surface area contributed by atoms with Crippen LogP contribution in [-0.2, 0) is 13.0 Å². The molecule has 0 saturated carbocycles. The number of aliphatic hydroxyl groups excluding tert-OH is 1. The molecule has 1 heterocycles. The highest BCUT2D eigenvalue weighted by Gasteiger charge is 2.12. The normalized spacial score (nSPS) is 12.6. The predicted molar refractivity (Wildman–Crippen MR) is 67.7 cm³/mol. The summed E-state index contributed by atoms with van der Waals surface area (Å²) >= 11 is 0. The van der Waals surface area contributed by atoms with E-state index in [1.165, 1.54) is 5.56 Å². The van der Waals surface area contributed by atoms with Crippen molar-refractivity contribution in [2.24, 2.45) is 0 Å². The van der Waals surface area contributed by atoms with Crippen molar-refractivity contribution in [2.75, 3.05) is 0 Å². The molecule has 3 heteroatoms. The first-order valence-corrected chi connectivity index (χ1v) is 5.96. The van der Waals surface area contributed by atoms with E-state index >= 15 is 0 Å². The lowest BCUT2D eigenvalue weighted by Crippen LogP contribution is -2.10. The van der Waals surface area contributed by atoms with Gasteiger partial charge in [-0.15, -0.1) is 0 Å². The smallest absolute Gasteiger partial charge is 0.0996 e. The molecule has 90 valence electrons. The molecule has 0 aliphatic heterocycles. The van der Waals surface area contributed by atoms with Crippen LogP contribution >= 0.6 is 0 Å². The van der Waals surface area contributed by atoms with Gasteiger partial charge in [0.1, 0.15) is 0 Å². The summed E-state index contributed by atoms with van der Waals surface area (Å²) in [7, 11) is 0. The predicted octanol–water partition coefficient (Wildman–Crippen LogP) is 2.49. The van der Waals surface area contributed by atoms with Crippen LogP contribution in [0.5, 0.6) is 0 Å². The van der Waals surface area contributed by atoms with Crippen molar-refractivity contribution < 1.29 is 5.11 Å². The van der Waals surface area contributed by atoms with E-state index in [9.17, 15) is 5.11 Å². The highest BCUT2D eigenvalue weighted by molar-refractivity contribution is 5.23. The molecule has 0 bridgehead atoms. The van der Waals surface area contributed by atoms with Crippen LogP contribution in [0, 0.1) is 6.92 Å². The van der Waals surface area contributed by atoms with Crippen LogP contribution in [0.25, 0.3) is 0 Å². The lowest BCUT2D eigenvalue weighted by atomic mass is 10.0. The molecule has 0 aliphatic carbocycles. The highest BCUT2D eigenvalue weighted by atomic mass is 16.3. The summed E-state index contributed by atoms with van der Waals surface area (Å²) in [5.41, 5.74) is 3.26. The van der Waals surface area contributed by atoms with Crippen LogP contribution in [0.15, 0.2) is 36.5 Å². The zero-order valence-electron chi connectivity index (χ0n) is 10.3. The van der Waals surface area contributed by atoms with Gasteiger partial charge in [0, 0.05) is 19.2 Å². The lowest BCUT2D eigenvalue weighted by molar-refractivity contribution is 0.167. The number of benzene rings is 1. The first-order valence-electron chi connectivity index (χ1n) is 5.96. The largest absolute Gasteiger partial charge is 0.386 e. The Labute approximate surface area is 102 Å². The molecule has 17 heavy (non-hydrogen) atoms. The third kappa shape index (κ3) is 2.74. The molecule has 0 radical (unpaired) electrons. The highest BCUT2D eigenvalue weighted by Crippen LogP contribution is 2.18. The van der Waals surface area contributed by atoms with E-state index < -0.39 is 6.10 Å². The number of aliphatic hydroxyl groups is 1. The average Bonchev–Trinajstić information content (AvgIpc) is 2.77. The zero-order valence-corrected chi connectivity index (χ0v) is 10.3. The number of hydrogen-bond donors (Lipinski definition) is 1. The second kappa shape index (κ2) is 5.15. The van der Waals surface area contributed by atoms with Crippen molar-refractivity contribution in [1.82, 2.24) is 9.78 Å². The van der Waals surface area contributed by atoms with Crippen LogP contribution in [-0.4, -0.2) is 14.9 Å². The van der Waals surface area contributed by atoms with E-state index in [1.807, 2.05) is 29.8 Å². The van der Waals surface area contributed by atoms with Gasteiger partial charge in [-0.3, -0.25) is 4.68 Å². The summed E-state index contributed by atoms with van der Waals surface area (Å²) < 4.78 is 1.83. The topological polar surface area (TPSA) is 38.0 Å². The van der Waals surface area contributed by atoms with Crippen LogP contribution < -0.4 is 0 Å². The summed E-state index contributed by atoms with van der Waals surface area (Å²) in [6.07, 6.45) is 1.88. The quantitative estimate of drug-likeness (QED) is 0.876. The van der Waals surface area contributed by atoms with Crippen LogP contribution in [0.2, 0.25) is 0 Å². The fourth-order valence-electron chi connectivity index (χ4n) is 2.06. The summed E-state index contributed by atoms with van der Waals surface area (Å²) in [5, 5.41) is 14.4. The molecule has 1 N–H and O–H groups in total. The van der Waals surface area contributed by atoms with Gasteiger partial charge in [0.05, 0.1) is 11.8 Å². The fraction of sp³-hybridized carbons (Fsp3) is 0.357. The second-order valence-corrected chi connectivity index (χ2v) is 4.28. The minimum atomic E-state index is -0.487. The maximum Gasteiger partial charge on any atom is 0.0996 e. The van der Waals surface area contributed by atoms with E-state index in [1.54, 1.807) is 6.20 Å². The third-order valence-corrected chi connectivity index (χ3v) is 2.90. The van der Waals surface area contributed by atoms with Gasteiger partial charge < -0.3 is 5.11 Å². The Hall–Kier alpha value is -1.61. The third-order valence-electron chi connectivity index (χ3n) is 2.90. The van der Waals surface area contributed by atoms with Crippen molar-refractivity contribution in [3.05, 3.63) is 53.3 Å². The molecule has 1 unspecified atom stereocenters. The standard InChI is InChI=1S/C14H18N2O/c1-3-16-13(7-8-15-16)14(17)10-12-6-4-5-11(2)9-12/h4-9,14,17H,3,10H2,1-2H3. The van der Waals surface area contributed by atoms with Crippen molar-refractivity contribution in [3.8, 4) is 0 Å². The Morgan fingerprint density at radius 2 is 2.18 bits per heavy atom. The van der Waals surface area contributed by atoms with Gasteiger partial charge in [0.2, 0.25) is 0 Å². The van der Waals surface area contributed by atoms with Crippen molar-refractivity contribution in [3.63, 3.8) is 0 Å². The van der Waals surface area contributed by atoms with E-state index in [0.717, 1.165) is 17.8 Å². The monoisotopic (exact) mass is 230 g/mol. The molecule has 1 atom stereocenters. The summed E-state index contributed by atoms with van der Waals surface area (Å²) in [4.78, 5) is 0. The number of rotatable bonds is 4. The Morgan fingerprint density at radius 3 is 2.88 bits per heavy atom. The van der Waals surface area contributed by atoms with Crippen molar-refractivity contribution >= 4 is 0 Å². The molecule has 1 aromatic carbocycles. The Bertz CT molecular complexity index is 490. The van der Waals surface area contributed by atoms with Crippen LogP contribution in [0.1, 0.15) is 29.8 Å². The van der Waals surface area contributed by atoms with Gasteiger partial charge >= 0.3 is 0 Å². The lowest BCUT2D eigenvalue weighted by Gasteiger charge is -2.12. The van der Waals surface area contributed by atoms with Crippen molar-refractivity contribution in [2.45, 2.75) is 32.9 Å². The van der Waals surface area contributed by atoms with Gasteiger partial charge in [0.15, 0.2) is 0 Å². The van der Waals surface area contributed by atoms with Gasteiger partial charge in [-0.05, 0) is 25.5 Å². The fourth-order valence-corrected chi connectivity index (χ4v) is 2.06. The molecule has 2 aromatic rings. The van der Waals surface area contributed by atoms with Crippen LogP contribution in [0.3, 0.4) is 0 Å². The molecule has 1 aromatic heterocycles. The van der Waals surface area contributed by atoms with E-state index in [4.69, 9.17) is 0 Å². The molecule has 0 amide bonds. The summed E-state index contributed by atoms with van der Waals surface area (Å²) in [6, 6.07) is 10.1. The minimum Gasteiger partial charge on any atom is -0.386 e. The van der Waals surface area contributed by atoms with Crippen molar-refractivity contribution in [1.29, 1.82) is 0 Å². The Balaban J connectivity index is 2.14. The number of aromatic nitrogens is 2.